The first kappa shape index (κ1) is 10.4. The van der Waals surface area contributed by atoms with Crippen molar-refractivity contribution in [2.75, 3.05) is 11.9 Å². The molecule has 0 saturated heterocycles. The SMILES string of the molecule is Cn1nnnc1NC1(CO)CCCCC1. The fraction of sp³-hybridized carbons (Fsp3) is 0.889. The van der Waals surface area contributed by atoms with Gasteiger partial charge in [-0.05, 0) is 23.3 Å². The largest absolute Gasteiger partial charge is 0.394 e. The lowest BCUT2D eigenvalue weighted by Crippen LogP contribution is -2.44. The molecule has 0 atom stereocenters. The molecule has 0 aromatic carbocycles. The van der Waals surface area contributed by atoms with Gasteiger partial charge in [-0.2, -0.15) is 0 Å². The molecule has 6 heteroatoms. The summed E-state index contributed by atoms with van der Waals surface area (Å²) in [4.78, 5) is 0. The van der Waals surface area contributed by atoms with Gasteiger partial charge < -0.3 is 10.4 Å². The van der Waals surface area contributed by atoms with Crippen LogP contribution in [0.5, 0.6) is 0 Å². The summed E-state index contributed by atoms with van der Waals surface area (Å²) in [6, 6.07) is 0. The van der Waals surface area contributed by atoms with E-state index in [2.05, 4.69) is 20.8 Å². The van der Waals surface area contributed by atoms with Crippen LogP contribution in [0.25, 0.3) is 0 Å². The van der Waals surface area contributed by atoms with Gasteiger partial charge in [0, 0.05) is 7.05 Å². The number of hydrogen-bond donors (Lipinski definition) is 2. The molecule has 1 aliphatic rings. The van der Waals surface area contributed by atoms with Crippen LogP contribution >= 0.6 is 0 Å². The van der Waals surface area contributed by atoms with E-state index in [0.29, 0.717) is 5.95 Å². The first-order valence-electron chi connectivity index (χ1n) is 5.37. The summed E-state index contributed by atoms with van der Waals surface area (Å²) in [6.07, 6.45) is 5.52. The highest BCUT2D eigenvalue weighted by Gasteiger charge is 2.32. The summed E-state index contributed by atoms with van der Waals surface area (Å²) < 4.78 is 1.59. The molecule has 1 fully saturated rings. The van der Waals surface area contributed by atoms with Gasteiger partial charge in [-0.15, -0.1) is 0 Å². The Balaban J connectivity index is 2.10. The number of nitrogens with zero attached hydrogens (tertiary/aromatic N) is 4. The molecule has 2 rings (SSSR count). The fourth-order valence-electron chi connectivity index (χ4n) is 2.12. The third kappa shape index (κ3) is 2.09. The molecule has 0 unspecified atom stereocenters. The molecule has 0 bridgehead atoms. The molecular weight excluding hydrogens is 194 g/mol. The van der Waals surface area contributed by atoms with Crippen molar-refractivity contribution in [3.05, 3.63) is 0 Å². The Bertz CT molecular complexity index is 318. The molecule has 1 heterocycles. The third-order valence-corrected chi connectivity index (χ3v) is 3.11. The molecular formula is C9H17N5O. The standard InChI is InChI=1S/C9H17N5O/c1-14-8(11-12-13-14)10-9(7-15)5-3-2-4-6-9/h15H,2-7H2,1H3,(H,10,11,13). The van der Waals surface area contributed by atoms with Crippen LogP contribution in [-0.4, -0.2) is 37.5 Å². The Morgan fingerprint density at radius 3 is 2.67 bits per heavy atom. The minimum absolute atomic E-state index is 0.139. The molecule has 15 heavy (non-hydrogen) atoms. The van der Waals surface area contributed by atoms with E-state index in [9.17, 15) is 5.11 Å². The number of aliphatic hydroxyl groups excluding tert-OH is 1. The molecule has 1 aliphatic carbocycles. The molecule has 0 radical (unpaired) electrons. The van der Waals surface area contributed by atoms with Gasteiger partial charge in [0.25, 0.3) is 0 Å². The zero-order valence-corrected chi connectivity index (χ0v) is 8.98. The normalized spacial score (nSPS) is 20.1. The van der Waals surface area contributed by atoms with Crippen molar-refractivity contribution >= 4 is 5.95 Å². The Hall–Kier alpha value is -1.17. The summed E-state index contributed by atoms with van der Waals surface area (Å²) in [6.45, 7) is 0.139. The second kappa shape index (κ2) is 4.14. The van der Waals surface area contributed by atoms with Gasteiger partial charge in [0.1, 0.15) is 0 Å². The van der Waals surface area contributed by atoms with Crippen LogP contribution < -0.4 is 5.32 Å². The number of hydrogen-bond acceptors (Lipinski definition) is 5. The Kier molecular flexibility index (Phi) is 2.86. The van der Waals surface area contributed by atoms with Crippen LogP contribution in [0.4, 0.5) is 5.95 Å². The number of nitrogens with one attached hydrogen (secondary N) is 1. The van der Waals surface area contributed by atoms with Crippen LogP contribution in [0, 0.1) is 0 Å². The third-order valence-electron chi connectivity index (χ3n) is 3.11. The van der Waals surface area contributed by atoms with Crippen LogP contribution in [0.1, 0.15) is 32.1 Å². The maximum absolute atomic E-state index is 9.49. The van der Waals surface area contributed by atoms with Gasteiger partial charge in [-0.25, -0.2) is 4.68 Å². The van der Waals surface area contributed by atoms with Crippen molar-refractivity contribution in [2.45, 2.75) is 37.6 Å². The maximum Gasteiger partial charge on any atom is 0.243 e. The first-order chi connectivity index (χ1) is 7.26. The highest BCUT2D eigenvalue weighted by Crippen LogP contribution is 2.30. The lowest BCUT2D eigenvalue weighted by molar-refractivity contribution is 0.171. The minimum atomic E-state index is -0.222. The van der Waals surface area contributed by atoms with Gasteiger partial charge in [0.15, 0.2) is 0 Å². The quantitative estimate of drug-likeness (QED) is 0.753. The average molecular weight is 211 g/mol. The zero-order chi connectivity index (χ0) is 10.7. The van der Waals surface area contributed by atoms with E-state index in [4.69, 9.17) is 0 Å². The minimum Gasteiger partial charge on any atom is -0.394 e. The van der Waals surface area contributed by atoms with E-state index >= 15 is 0 Å². The Labute approximate surface area is 88.7 Å². The number of tetrazole rings is 1. The van der Waals surface area contributed by atoms with E-state index in [-0.39, 0.29) is 12.1 Å². The Morgan fingerprint density at radius 1 is 1.40 bits per heavy atom. The van der Waals surface area contributed by atoms with Gasteiger partial charge in [0.2, 0.25) is 5.95 Å². The number of rotatable bonds is 3. The van der Waals surface area contributed by atoms with Crippen LogP contribution in [0.3, 0.4) is 0 Å². The molecule has 1 aromatic rings. The van der Waals surface area contributed by atoms with E-state index < -0.39 is 0 Å². The fourth-order valence-corrected chi connectivity index (χ4v) is 2.12. The van der Waals surface area contributed by atoms with Crippen LogP contribution in [0.2, 0.25) is 0 Å². The summed E-state index contributed by atoms with van der Waals surface area (Å²) in [7, 11) is 1.79. The highest BCUT2D eigenvalue weighted by atomic mass is 16.3. The first-order valence-corrected chi connectivity index (χ1v) is 5.37. The van der Waals surface area contributed by atoms with Gasteiger partial charge in [-0.3, -0.25) is 0 Å². The lowest BCUT2D eigenvalue weighted by atomic mass is 9.82. The van der Waals surface area contributed by atoms with E-state index in [1.54, 1.807) is 11.7 Å². The molecule has 1 aromatic heterocycles. The van der Waals surface area contributed by atoms with Gasteiger partial charge >= 0.3 is 0 Å². The van der Waals surface area contributed by atoms with E-state index in [0.717, 1.165) is 25.7 Å². The van der Waals surface area contributed by atoms with Crippen molar-refractivity contribution in [3.63, 3.8) is 0 Å². The summed E-state index contributed by atoms with van der Waals surface area (Å²) in [5, 5.41) is 24.0. The van der Waals surface area contributed by atoms with Crippen LogP contribution in [-0.2, 0) is 7.05 Å². The van der Waals surface area contributed by atoms with Gasteiger partial charge in [0.05, 0.1) is 12.1 Å². The Morgan fingerprint density at radius 2 is 2.13 bits per heavy atom. The monoisotopic (exact) mass is 211 g/mol. The molecule has 0 amide bonds. The smallest absolute Gasteiger partial charge is 0.243 e. The van der Waals surface area contributed by atoms with E-state index in [1.807, 2.05) is 0 Å². The topological polar surface area (TPSA) is 75.9 Å². The number of anilines is 1. The van der Waals surface area contributed by atoms with Crippen LogP contribution in [0.15, 0.2) is 0 Å². The second-order valence-electron chi connectivity index (χ2n) is 4.25. The summed E-state index contributed by atoms with van der Waals surface area (Å²) >= 11 is 0. The highest BCUT2D eigenvalue weighted by molar-refractivity contribution is 5.28. The van der Waals surface area contributed by atoms with Crippen molar-refractivity contribution < 1.29 is 5.11 Å². The molecule has 0 aliphatic heterocycles. The predicted octanol–water partition coefficient (Wildman–Crippen LogP) is 0.317. The summed E-state index contributed by atoms with van der Waals surface area (Å²) in [5.41, 5.74) is -0.222. The van der Waals surface area contributed by atoms with Crippen molar-refractivity contribution in [1.29, 1.82) is 0 Å². The molecule has 2 N–H and O–H groups in total. The predicted molar refractivity (Wildman–Crippen MR) is 55.3 cm³/mol. The number of aromatic nitrogens is 4. The maximum atomic E-state index is 9.49. The molecule has 6 nitrogen and oxygen atoms in total. The molecule has 0 spiro atoms. The van der Waals surface area contributed by atoms with Gasteiger partial charge in [-0.1, -0.05) is 24.4 Å². The van der Waals surface area contributed by atoms with Crippen molar-refractivity contribution in [2.24, 2.45) is 7.05 Å². The summed E-state index contributed by atoms with van der Waals surface area (Å²) in [5.74, 6) is 0.631. The van der Waals surface area contributed by atoms with E-state index in [1.165, 1.54) is 6.42 Å². The second-order valence-corrected chi connectivity index (χ2v) is 4.25. The number of aliphatic hydroxyl groups is 1. The molecule has 84 valence electrons. The number of aryl methyl sites for hydroxylation is 1. The molecule has 1 saturated carbocycles. The average Bonchev–Trinajstić information content (AvgIpc) is 2.66. The zero-order valence-electron chi connectivity index (χ0n) is 8.98. The van der Waals surface area contributed by atoms with Crippen molar-refractivity contribution in [1.82, 2.24) is 20.2 Å². The lowest BCUT2D eigenvalue weighted by Gasteiger charge is -2.36. The van der Waals surface area contributed by atoms with Crippen molar-refractivity contribution in [3.8, 4) is 0 Å².